The summed E-state index contributed by atoms with van der Waals surface area (Å²) in [5.41, 5.74) is 4.75. The van der Waals surface area contributed by atoms with Crippen LogP contribution in [0.5, 0.6) is 5.75 Å². The maximum Gasteiger partial charge on any atom is 0.196 e. The van der Waals surface area contributed by atoms with Gasteiger partial charge in [0.2, 0.25) is 0 Å². The number of aryl methyl sites for hydroxylation is 1. The van der Waals surface area contributed by atoms with Crippen molar-refractivity contribution in [3.8, 4) is 22.8 Å². The minimum absolute atomic E-state index is 0.115. The van der Waals surface area contributed by atoms with Gasteiger partial charge in [-0.3, -0.25) is 4.57 Å². The highest BCUT2D eigenvalue weighted by Gasteiger charge is 2.18. The molecule has 0 aliphatic rings. The van der Waals surface area contributed by atoms with E-state index in [-0.39, 0.29) is 5.41 Å². The van der Waals surface area contributed by atoms with Crippen molar-refractivity contribution in [1.29, 1.82) is 0 Å². The van der Waals surface area contributed by atoms with Crippen molar-refractivity contribution in [2.24, 2.45) is 0 Å². The maximum atomic E-state index is 5.89. The van der Waals surface area contributed by atoms with E-state index in [9.17, 15) is 0 Å². The van der Waals surface area contributed by atoms with E-state index in [0.717, 1.165) is 33.7 Å². The molecule has 4 aromatic rings. The first-order valence-corrected chi connectivity index (χ1v) is 11.8. The summed E-state index contributed by atoms with van der Waals surface area (Å²) in [4.78, 5) is 0. The number of hydrogen-bond donors (Lipinski definition) is 0. The summed E-state index contributed by atoms with van der Waals surface area (Å²) in [6.07, 6.45) is 0. The average Bonchev–Trinajstić information content (AvgIpc) is 3.22. The molecule has 0 fully saturated rings. The van der Waals surface area contributed by atoms with Crippen molar-refractivity contribution in [2.75, 3.05) is 12.4 Å². The molecule has 0 radical (unpaired) electrons. The zero-order valence-corrected chi connectivity index (χ0v) is 19.9. The summed E-state index contributed by atoms with van der Waals surface area (Å²) in [5, 5.41) is 9.93. The first-order valence-electron chi connectivity index (χ1n) is 10.9. The quantitative estimate of drug-likeness (QED) is 0.235. The van der Waals surface area contributed by atoms with Crippen LogP contribution in [0.3, 0.4) is 0 Å². The molecule has 32 heavy (non-hydrogen) atoms. The zero-order valence-electron chi connectivity index (χ0n) is 19.1. The summed E-state index contributed by atoms with van der Waals surface area (Å²) in [6.45, 7) is 9.35. The van der Waals surface area contributed by atoms with Crippen LogP contribution in [0.25, 0.3) is 17.1 Å². The van der Waals surface area contributed by atoms with Gasteiger partial charge in [-0.05, 0) is 42.2 Å². The summed E-state index contributed by atoms with van der Waals surface area (Å²) in [5.74, 6) is 2.51. The van der Waals surface area contributed by atoms with Crippen molar-refractivity contribution in [1.82, 2.24) is 14.8 Å². The largest absolute Gasteiger partial charge is 0.493 e. The summed E-state index contributed by atoms with van der Waals surface area (Å²) in [7, 11) is 0. The smallest absolute Gasteiger partial charge is 0.196 e. The second-order valence-corrected chi connectivity index (χ2v) is 9.88. The Hall–Kier alpha value is -3.05. The van der Waals surface area contributed by atoms with Gasteiger partial charge in [0.15, 0.2) is 11.0 Å². The number of nitrogens with zero attached hydrogens (tertiary/aromatic N) is 3. The molecule has 0 saturated carbocycles. The Morgan fingerprint density at radius 3 is 2.19 bits per heavy atom. The van der Waals surface area contributed by atoms with Crippen LogP contribution < -0.4 is 4.74 Å². The third-order valence-corrected chi connectivity index (χ3v) is 6.15. The van der Waals surface area contributed by atoms with Crippen LogP contribution in [0.1, 0.15) is 31.9 Å². The number of benzene rings is 3. The van der Waals surface area contributed by atoms with Gasteiger partial charge in [-0.2, -0.15) is 0 Å². The Morgan fingerprint density at radius 2 is 1.53 bits per heavy atom. The lowest BCUT2D eigenvalue weighted by Crippen LogP contribution is -2.10. The van der Waals surface area contributed by atoms with Gasteiger partial charge in [-0.25, -0.2) is 0 Å². The monoisotopic (exact) mass is 443 g/mol. The minimum Gasteiger partial charge on any atom is -0.493 e. The summed E-state index contributed by atoms with van der Waals surface area (Å²) < 4.78 is 8.01. The van der Waals surface area contributed by atoms with E-state index >= 15 is 0 Å². The van der Waals surface area contributed by atoms with Crippen LogP contribution in [0, 0.1) is 6.92 Å². The van der Waals surface area contributed by atoms with Crippen LogP contribution in [0.2, 0.25) is 0 Å². The Bertz CT molecular complexity index is 1140. The Balaban J connectivity index is 1.55. The molecule has 0 aliphatic heterocycles. The van der Waals surface area contributed by atoms with Crippen molar-refractivity contribution in [2.45, 2.75) is 38.3 Å². The fourth-order valence-corrected chi connectivity index (χ4v) is 4.18. The molecule has 0 amide bonds. The third kappa shape index (κ3) is 5.22. The molecule has 0 spiro atoms. The van der Waals surface area contributed by atoms with E-state index in [1.54, 1.807) is 11.8 Å². The first-order chi connectivity index (χ1) is 15.4. The number of ether oxygens (including phenoxy) is 1. The predicted molar refractivity (Wildman–Crippen MR) is 133 cm³/mol. The molecule has 0 bridgehead atoms. The number of aromatic nitrogens is 3. The Morgan fingerprint density at radius 1 is 0.844 bits per heavy atom. The standard InChI is InChI=1S/C27H29N3OS/c1-20-10-16-24(17-11-20)31-18-19-32-26-29-28-25(30(26)23-8-6-5-7-9-23)21-12-14-22(15-13-21)27(2,3)4/h5-17H,18-19H2,1-4H3. The van der Waals surface area contributed by atoms with Crippen LogP contribution in [0.4, 0.5) is 0 Å². The van der Waals surface area contributed by atoms with Gasteiger partial charge in [0, 0.05) is 17.0 Å². The van der Waals surface area contributed by atoms with Crippen LogP contribution in [-0.2, 0) is 5.41 Å². The van der Waals surface area contributed by atoms with E-state index in [2.05, 4.69) is 91.0 Å². The SMILES string of the molecule is Cc1ccc(OCCSc2nnc(-c3ccc(C(C)(C)C)cc3)n2-c2ccccc2)cc1. The van der Waals surface area contributed by atoms with Crippen LogP contribution in [-0.4, -0.2) is 27.1 Å². The van der Waals surface area contributed by atoms with E-state index < -0.39 is 0 Å². The molecule has 1 heterocycles. The predicted octanol–water partition coefficient (Wildman–Crippen LogP) is 6.71. The molecule has 164 valence electrons. The fraction of sp³-hybridized carbons (Fsp3) is 0.259. The average molecular weight is 444 g/mol. The van der Waals surface area contributed by atoms with Crippen molar-refractivity contribution in [3.63, 3.8) is 0 Å². The number of para-hydroxylation sites is 1. The van der Waals surface area contributed by atoms with Gasteiger partial charge < -0.3 is 4.74 Å². The fourth-order valence-electron chi connectivity index (χ4n) is 3.41. The van der Waals surface area contributed by atoms with Gasteiger partial charge >= 0.3 is 0 Å². The van der Waals surface area contributed by atoms with E-state index in [1.165, 1.54) is 11.1 Å². The number of hydrogen-bond acceptors (Lipinski definition) is 4. The van der Waals surface area contributed by atoms with E-state index in [1.807, 2.05) is 30.3 Å². The molecule has 4 rings (SSSR count). The second kappa shape index (κ2) is 9.61. The summed E-state index contributed by atoms with van der Waals surface area (Å²) in [6, 6.07) is 27.0. The minimum atomic E-state index is 0.115. The summed E-state index contributed by atoms with van der Waals surface area (Å²) >= 11 is 1.65. The first kappa shape index (κ1) is 22.2. The molecule has 3 aromatic carbocycles. The van der Waals surface area contributed by atoms with Gasteiger partial charge in [0.25, 0.3) is 0 Å². The molecule has 4 nitrogen and oxygen atoms in total. The molecular weight excluding hydrogens is 414 g/mol. The molecule has 0 N–H and O–H groups in total. The van der Waals surface area contributed by atoms with Gasteiger partial charge in [-0.1, -0.05) is 92.7 Å². The number of thioether (sulfide) groups is 1. The van der Waals surface area contributed by atoms with Crippen molar-refractivity contribution >= 4 is 11.8 Å². The lowest BCUT2D eigenvalue weighted by atomic mass is 9.87. The lowest BCUT2D eigenvalue weighted by molar-refractivity contribution is 0.344. The molecule has 5 heteroatoms. The molecule has 0 unspecified atom stereocenters. The highest BCUT2D eigenvalue weighted by Crippen LogP contribution is 2.30. The van der Waals surface area contributed by atoms with Gasteiger partial charge in [0.1, 0.15) is 5.75 Å². The highest BCUT2D eigenvalue weighted by molar-refractivity contribution is 7.99. The van der Waals surface area contributed by atoms with Crippen molar-refractivity contribution < 1.29 is 4.74 Å². The second-order valence-electron chi connectivity index (χ2n) is 8.81. The molecule has 0 aliphatic carbocycles. The van der Waals surface area contributed by atoms with Crippen molar-refractivity contribution in [3.05, 3.63) is 90.0 Å². The van der Waals surface area contributed by atoms with Gasteiger partial charge in [0.05, 0.1) is 6.61 Å². The topological polar surface area (TPSA) is 39.9 Å². The molecule has 0 atom stereocenters. The zero-order chi connectivity index (χ0) is 22.6. The maximum absolute atomic E-state index is 5.89. The molecular formula is C27H29N3OS. The van der Waals surface area contributed by atoms with Gasteiger partial charge in [-0.15, -0.1) is 10.2 Å². The Kier molecular flexibility index (Phi) is 6.66. The highest BCUT2D eigenvalue weighted by atomic mass is 32.2. The normalized spacial score (nSPS) is 11.5. The van der Waals surface area contributed by atoms with E-state index in [0.29, 0.717) is 6.61 Å². The molecule has 1 aromatic heterocycles. The molecule has 0 saturated heterocycles. The Labute approximate surface area is 194 Å². The number of rotatable bonds is 7. The lowest BCUT2D eigenvalue weighted by Gasteiger charge is -2.19. The van der Waals surface area contributed by atoms with E-state index in [4.69, 9.17) is 4.74 Å². The van der Waals surface area contributed by atoms with Crippen LogP contribution >= 0.6 is 11.8 Å². The van der Waals surface area contributed by atoms with Crippen LogP contribution in [0.15, 0.2) is 84.0 Å². The third-order valence-electron chi connectivity index (χ3n) is 5.26.